The maximum atomic E-state index is 13.2. The van der Waals surface area contributed by atoms with E-state index in [0.29, 0.717) is 42.7 Å². The lowest BCUT2D eigenvalue weighted by Crippen LogP contribution is -2.27. The van der Waals surface area contributed by atoms with E-state index < -0.39 is 0 Å². The third-order valence-corrected chi connectivity index (χ3v) is 7.49. The number of nitrogens with one attached hydrogen (secondary N) is 1. The summed E-state index contributed by atoms with van der Waals surface area (Å²) in [6.07, 6.45) is 1.73. The number of nitrogens with zero attached hydrogens (tertiary/aromatic N) is 1. The summed E-state index contributed by atoms with van der Waals surface area (Å²) in [5, 5.41) is 3.29. The lowest BCUT2D eigenvalue weighted by molar-refractivity contribution is -0.118. The molecule has 0 bridgehead atoms. The highest BCUT2D eigenvalue weighted by atomic mass is 35.5. The van der Waals surface area contributed by atoms with E-state index in [1.807, 2.05) is 24.3 Å². The number of anilines is 2. The molecule has 3 aromatic rings. The van der Waals surface area contributed by atoms with Crippen LogP contribution in [0, 0.1) is 0 Å². The second-order valence-electron chi connectivity index (χ2n) is 8.83. The van der Waals surface area contributed by atoms with Gasteiger partial charge in [0.25, 0.3) is 11.8 Å². The van der Waals surface area contributed by atoms with Gasteiger partial charge >= 0.3 is 0 Å². The van der Waals surface area contributed by atoms with Crippen molar-refractivity contribution in [1.29, 1.82) is 0 Å². The summed E-state index contributed by atoms with van der Waals surface area (Å²) in [5.41, 5.74) is 3.08. The Bertz CT molecular complexity index is 1460. The molecule has 0 aliphatic carbocycles. The summed E-state index contributed by atoms with van der Waals surface area (Å²) in [6.45, 7) is 3.95. The Hall–Kier alpha value is -3.53. The fourth-order valence-corrected chi connectivity index (χ4v) is 5.52. The zero-order chi connectivity index (χ0) is 28.1. The van der Waals surface area contributed by atoms with Crippen molar-refractivity contribution in [3.8, 4) is 17.2 Å². The summed E-state index contributed by atoms with van der Waals surface area (Å²) in [5.74, 6) is 1.07. The van der Waals surface area contributed by atoms with Gasteiger partial charge in [0.15, 0.2) is 22.4 Å². The first kappa shape index (κ1) is 28.5. The first-order chi connectivity index (χ1) is 18.7. The smallest absolute Gasteiger partial charge is 0.270 e. The van der Waals surface area contributed by atoms with Crippen molar-refractivity contribution in [2.24, 2.45) is 0 Å². The highest BCUT2D eigenvalue weighted by Crippen LogP contribution is 2.39. The van der Waals surface area contributed by atoms with Crippen LogP contribution >= 0.6 is 35.6 Å². The zero-order valence-electron chi connectivity index (χ0n) is 21.8. The maximum absolute atomic E-state index is 13.2. The predicted molar refractivity (Wildman–Crippen MR) is 161 cm³/mol. The molecule has 1 N–H and O–H groups in total. The number of halogens is 1. The SMILES string of the molecule is COc1ccc(N2C(=O)/C(=C/c3ccc(OCC(=O)Nc4ccccc4C(C)C)c(OC)c3)SC2=S)cc1Cl. The van der Waals surface area contributed by atoms with E-state index >= 15 is 0 Å². The number of methoxy groups -OCH3 is 2. The van der Waals surface area contributed by atoms with Gasteiger partial charge in [0.1, 0.15) is 5.75 Å². The normalized spacial score (nSPS) is 14.2. The number of hydrogen-bond donors (Lipinski definition) is 1. The number of ether oxygens (including phenoxy) is 3. The molecule has 7 nitrogen and oxygen atoms in total. The van der Waals surface area contributed by atoms with Crippen molar-refractivity contribution in [2.45, 2.75) is 19.8 Å². The second-order valence-corrected chi connectivity index (χ2v) is 10.9. The van der Waals surface area contributed by atoms with Gasteiger partial charge in [0.05, 0.1) is 29.8 Å². The van der Waals surface area contributed by atoms with Gasteiger partial charge in [-0.05, 0) is 59.5 Å². The molecular formula is C29H27ClN2O5S2. The van der Waals surface area contributed by atoms with E-state index in [0.717, 1.165) is 11.3 Å². The van der Waals surface area contributed by atoms with Gasteiger partial charge in [0.2, 0.25) is 0 Å². The molecular weight excluding hydrogens is 556 g/mol. The van der Waals surface area contributed by atoms with E-state index in [4.69, 9.17) is 38.0 Å². The minimum absolute atomic E-state index is 0.189. The molecule has 0 spiro atoms. The van der Waals surface area contributed by atoms with Crippen molar-refractivity contribution in [2.75, 3.05) is 31.0 Å². The second kappa shape index (κ2) is 12.5. The highest BCUT2D eigenvalue weighted by Gasteiger charge is 2.33. The molecule has 1 aliphatic heterocycles. The average molecular weight is 583 g/mol. The molecule has 0 saturated carbocycles. The number of benzene rings is 3. The van der Waals surface area contributed by atoms with E-state index in [1.54, 1.807) is 42.5 Å². The summed E-state index contributed by atoms with van der Waals surface area (Å²) >= 11 is 12.9. The predicted octanol–water partition coefficient (Wildman–Crippen LogP) is 6.90. The van der Waals surface area contributed by atoms with Crippen LogP contribution in [0.1, 0.15) is 30.9 Å². The van der Waals surface area contributed by atoms with Crippen LogP contribution in [-0.2, 0) is 9.59 Å². The van der Waals surface area contributed by atoms with E-state index in [9.17, 15) is 9.59 Å². The third kappa shape index (κ3) is 6.55. The van der Waals surface area contributed by atoms with Crippen LogP contribution in [-0.4, -0.2) is 37.0 Å². The first-order valence-corrected chi connectivity index (χ1v) is 13.6. The van der Waals surface area contributed by atoms with Gasteiger partial charge in [-0.1, -0.05) is 73.7 Å². The Morgan fingerprint density at radius 1 is 1.05 bits per heavy atom. The fraction of sp³-hybridized carbons (Fsp3) is 0.207. The number of hydrogen-bond acceptors (Lipinski definition) is 7. The molecule has 1 aliphatic rings. The molecule has 0 radical (unpaired) electrons. The van der Waals surface area contributed by atoms with Crippen LogP contribution in [0.3, 0.4) is 0 Å². The van der Waals surface area contributed by atoms with Crippen LogP contribution in [0.15, 0.2) is 65.6 Å². The fourth-order valence-electron chi connectivity index (χ4n) is 3.97. The molecule has 1 heterocycles. The highest BCUT2D eigenvalue weighted by molar-refractivity contribution is 8.27. The van der Waals surface area contributed by atoms with Gasteiger partial charge in [-0.2, -0.15) is 0 Å². The summed E-state index contributed by atoms with van der Waals surface area (Å²) < 4.78 is 16.8. The molecule has 0 atom stereocenters. The number of carbonyl (C=O) groups is 2. The average Bonchev–Trinajstić information content (AvgIpc) is 3.19. The van der Waals surface area contributed by atoms with E-state index in [-0.39, 0.29) is 24.3 Å². The van der Waals surface area contributed by atoms with Crippen molar-refractivity contribution in [1.82, 2.24) is 0 Å². The van der Waals surface area contributed by atoms with Gasteiger partial charge in [-0.3, -0.25) is 14.5 Å². The number of amides is 2. The Balaban J connectivity index is 1.46. The minimum Gasteiger partial charge on any atom is -0.495 e. The van der Waals surface area contributed by atoms with Gasteiger partial charge in [0, 0.05) is 5.69 Å². The molecule has 39 heavy (non-hydrogen) atoms. The van der Waals surface area contributed by atoms with Gasteiger partial charge in [-0.15, -0.1) is 0 Å². The Morgan fingerprint density at radius 2 is 1.77 bits per heavy atom. The topological polar surface area (TPSA) is 77.1 Å². The maximum Gasteiger partial charge on any atom is 0.270 e. The summed E-state index contributed by atoms with van der Waals surface area (Å²) in [7, 11) is 3.04. The van der Waals surface area contributed by atoms with Crippen LogP contribution in [0.25, 0.3) is 6.08 Å². The quantitative estimate of drug-likeness (QED) is 0.217. The van der Waals surface area contributed by atoms with E-state index in [2.05, 4.69) is 19.2 Å². The first-order valence-electron chi connectivity index (χ1n) is 12.0. The molecule has 1 saturated heterocycles. The molecule has 4 rings (SSSR count). The minimum atomic E-state index is -0.281. The monoisotopic (exact) mass is 582 g/mol. The van der Waals surface area contributed by atoms with Crippen LogP contribution in [0.2, 0.25) is 5.02 Å². The standard InChI is InChI=1S/C29H27ClN2O5S2/c1-17(2)20-7-5-6-8-22(20)31-27(33)16-37-24-11-9-18(13-25(24)36-4)14-26-28(34)32(29(38)39-26)19-10-12-23(35-3)21(30)15-19/h5-15,17H,16H2,1-4H3,(H,31,33)/b26-14-. The van der Waals surface area contributed by atoms with Gasteiger partial charge in [-0.25, -0.2) is 0 Å². The van der Waals surface area contributed by atoms with Crippen LogP contribution < -0.4 is 24.4 Å². The molecule has 202 valence electrons. The number of carbonyl (C=O) groups excluding carboxylic acids is 2. The van der Waals surface area contributed by atoms with Crippen LogP contribution in [0.5, 0.6) is 17.2 Å². The molecule has 0 unspecified atom stereocenters. The number of para-hydroxylation sites is 1. The Kier molecular flexibility index (Phi) is 9.16. The molecule has 10 heteroatoms. The lowest BCUT2D eigenvalue weighted by Gasteiger charge is -2.15. The zero-order valence-corrected chi connectivity index (χ0v) is 24.2. The van der Waals surface area contributed by atoms with Crippen molar-refractivity contribution >= 4 is 69.2 Å². The van der Waals surface area contributed by atoms with Crippen molar-refractivity contribution in [3.63, 3.8) is 0 Å². The molecule has 0 aromatic heterocycles. The number of thiocarbonyl (C=S) groups is 1. The lowest BCUT2D eigenvalue weighted by atomic mass is 10.0. The number of thioether (sulfide) groups is 1. The molecule has 1 fully saturated rings. The largest absolute Gasteiger partial charge is 0.495 e. The Morgan fingerprint density at radius 3 is 2.46 bits per heavy atom. The van der Waals surface area contributed by atoms with Crippen molar-refractivity contribution < 1.29 is 23.8 Å². The third-order valence-electron chi connectivity index (χ3n) is 5.89. The van der Waals surface area contributed by atoms with E-state index in [1.165, 1.54) is 30.9 Å². The number of rotatable bonds is 9. The summed E-state index contributed by atoms with van der Waals surface area (Å²) in [6, 6.07) is 17.9. The van der Waals surface area contributed by atoms with Crippen LogP contribution in [0.4, 0.5) is 11.4 Å². The molecule has 2 amide bonds. The summed E-state index contributed by atoms with van der Waals surface area (Å²) in [4.78, 5) is 27.6. The van der Waals surface area contributed by atoms with Crippen molar-refractivity contribution in [3.05, 3.63) is 81.7 Å². The Labute approximate surface area is 242 Å². The molecule has 3 aromatic carbocycles. The van der Waals surface area contributed by atoms with Gasteiger partial charge < -0.3 is 19.5 Å².